The van der Waals surface area contributed by atoms with E-state index in [1.165, 1.54) is 7.11 Å². The molecule has 19 heavy (non-hydrogen) atoms. The quantitative estimate of drug-likeness (QED) is 0.677. The molecule has 2 rings (SSSR count). The van der Waals surface area contributed by atoms with Crippen LogP contribution in [0.25, 0.3) is 10.9 Å². The highest BCUT2D eigenvalue weighted by Gasteiger charge is 2.16. The molecule has 0 atom stereocenters. The van der Waals surface area contributed by atoms with Crippen LogP contribution in [0, 0.1) is 0 Å². The Kier molecular flexibility index (Phi) is 4.44. The number of H-pyrrole nitrogens is 1. The number of ether oxygens (including phenoxy) is 3. The molecule has 5 nitrogen and oxygen atoms in total. The molecule has 0 fully saturated rings. The van der Waals surface area contributed by atoms with Crippen molar-refractivity contribution in [2.75, 3.05) is 27.4 Å². The van der Waals surface area contributed by atoms with Gasteiger partial charge in [0.1, 0.15) is 18.1 Å². The van der Waals surface area contributed by atoms with Crippen LogP contribution in [0.5, 0.6) is 5.75 Å². The number of fused-ring (bicyclic) bond motifs is 1. The van der Waals surface area contributed by atoms with Crippen molar-refractivity contribution >= 4 is 32.8 Å². The third-order valence-electron chi connectivity index (χ3n) is 2.65. The maximum Gasteiger partial charge on any atom is 0.355 e. The van der Waals surface area contributed by atoms with Crippen LogP contribution in [0.2, 0.25) is 0 Å². The van der Waals surface area contributed by atoms with Gasteiger partial charge in [0, 0.05) is 18.6 Å². The highest BCUT2D eigenvalue weighted by atomic mass is 79.9. The van der Waals surface area contributed by atoms with Crippen molar-refractivity contribution in [2.24, 2.45) is 0 Å². The van der Waals surface area contributed by atoms with E-state index < -0.39 is 5.97 Å². The number of rotatable bonds is 5. The van der Waals surface area contributed by atoms with E-state index in [0.29, 0.717) is 23.4 Å². The van der Waals surface area contributed by atoms with Crippen molar-refractivity contribution in [1.29, 1.82) is 0 Å². The summed E-state index contributed by atoms with van der Waals surface area (Å²) in [7, 11) is 2.97. The fourth-order valence-corrected chi connectivity index (χ4v) is 2.32. The average Bonchev–Trinajstić information content (AvgIpc) is 2.75. The fraction of sp³-hybridized carbons (Fsp3) is 0.308. The van der Waals surface area contributed by atoms with Crippen LogP contribution >= 0.6 is 15.9 Å². The number of esters is 1. The second-order valence-electron chi connectivity index (χ2n) is 3.85. The van der Waals surface area contributed by atoms with Crippen LogP contribution in [-0.4, -0.2) is 38.4 Å². The second-order valence-corrected chi connectivity index (χ2v) is 4.65. The summed E-state index contributed by atoms with van der Waals surface area (Å²) in [4.78, 5) is 14.6. The third-order valence-corrected chi connectivity index (χ3v) is 3.48. The Bertz CT molecular complexity index is 594. The van der Waals surface area contributed by atoms with Gasteiger partial charge in [0.2, 0.25) is 0 Å². The molecule has 1 aromatic heterocycles. The Balaban J connectivity index is 2.30. The van der Waals surface area contributed by atoms with Crippen molar-refractivity contribution in [2.45, 2.75) is 0 Å². The largest absolute Gasteiger partial charge is 0.491 e. The fourth-order valence-electron chi connectivity index (χ4n) is 1.72. The molecule has 1 aromatic carbocycles. The zero-order valence-corrected chi connectivity index (χ0v) is 12.2. The van der Waals surface area contributed by atoms with Crippen LogP contribution in [0.15, 0.2) is 22.7 Å². The minimum Gasteiger partial charge on any atom is -0.491 e. The molecule has 0 aliphatic heterocycles. The molecule has 0 amide bonds. The predicted molar refractivity (Wildman–Crippen MR) is 74.7 cm³/mol. The molecule has 6 heteroatoms. The SMILES string of the molecule is COCCOc1ccc2c(Br)c(C(=O)OC)[nH]c2c1. The molecule has 0 bridgehead atoms. The summed E-state index contributed by atoms with van der Waals surface area (Å²) in [6.07, 6.45) is 0. The first-order valence-corrected chi connectivity index (χ1v) is 6.48. The number of methoxy groups -OCH3 is 2. The summed E-state index contributed by atoms with van der Waals surface area (Å²) in [5.41, 5.74) is 1.20. The third kappa shape index (κ3) is 2.90. The van der Waals surface area contributed by atoms with Gasteiger partial charge in [0.25, 0.3) is 0 Å². The van der Waals surface area contributed by atoms with Crippen LogP contribution in [0.1, 0.15) is 10.5 Å². The van der Waals surface area contributed by atoms with Crippen molar-refractivity contribution < 1.29 is 19.0 Å². The van der Waals surface area contributed by atoms with E-state index in [2.05, 4.69) is 20.9 Å². The molecule has 0 saturated heterocycles. The van der Waals surface area contributed by atoms with Crippen molar-refractivity contribution in [3.8, 4) is 5.75 Å². The molecule has 0 radical (unpaired) electrons. The molecule has 0 aliphatic rings. The lowest BCUT2D eigenvalue weighted by atomic mass is 10.2. The maximum atomic E-state index is 11.6. The van der Waals surface area contributed by atoms with Gasteiger partial charge in [0.15, 0.2) is 0 Å². The van der Waals surface area contributed by atoms with E-state index >= 15 is 0 Å². The lowest BCUT2D eigenvalue weighted by Gasteiger charge is -2.04. The van der Waals surface area contributed by atoms with Crippen molar-refractivity contribution in [1.82, 2.24) is 4.98 Å². The Morgan fingerprint density at radius 3 is 2.79 bits per heavy atom. The van der Waals surface area contributed by atoms with E-state index in [-0.39, 0.29) is 0 Å². The first-order chi connectivity index (χ1) is 9.17. The predicted octanol–water partition coefficient (Wildman–Crippen LogP) is 2.74. The highest BCUT2D eigenvalue weighted by Crippen LogP contribution is 2.30. The van der Waals surface area contributed by atoms with E-state index in [0.717, 1.165) is 16.7 Å². The van der Waals surface area contributed by atoms with Crippen LogP contribution in [0.4, 0.5) is 0 Å². The van der Waals surface area contributed by atoms with E-state index in [9.17, 15) is 4.79 Å². The number of aromatic amines is 1. The molecule has 0 aliphatic carbocycles. The number of carbonyl (C=O) groups is 1. The second kappa shape index (κ2) is 6.08. The summed E-state index contributed by atoms with van der Waals surface area (Å²) < 4.78 is 15.8. The minimum atomic E-state index is -0.412. The number of carbonyl (C=O) groups excluding carboxylic acids is 1. The standard InChI is InChI=1S/C13H14BrNO4/c1-17-5-6-19-8-3-4-9-10(7-8)15-12(11(9)14)13(16)18-2/h3-4,7,15H,5-6H2,1-2H3. The zero-order chi connectivity index (χ0) is 13.8. The average molecular weight is 328 g/mol. The molecule has 1 heterocycles. The molecular formula is C13H14BrNO4. The lowest BCUT2D eigenvalue weighted by Crippen LogP contribution is -2.03. The number of hydrogen-bond donors (Lipinski definition) is 1. The number of nitrogens with one attached hydrogen (secondary N) is 1. The van der Waals surface area contributed by atoms with Crippen molar-refractivity contribution in [3.63, 3.8) is 0 Å². The minimum absolute atomic E-state index is 0.395. The molecule has 102 valence electrons. The molecule has 0 saturated carbocycles. The first kappa shape index (κ1) is 13.9. The number of aromatic nitrogens is 1. The molecule has 0 unspecified atom stereocenters. The summed E-state index contributed by atoms with van der Waals surface area (Å²) in [5.74, 6) is 0.305. The van der Waals surface area contributed by atoms with Gasteiger partial charge in [-0.3, -0.25) is 0 Å². The smallest absolute Gasteiger partial charge is 0.355 e. The Labute approximate surface area is 119 Å². The maximum absolute atomic E-state index is 11.6. The molecular weight excluding hydrogens is 314 g/mol. The Hall–Kier alpha value is -1.53. The van der Waals surface area contributed by atoms with Crippen LogP contribution < -0.4 is 4.74 Å². The van der Waals surface area contributed by atoms with Gasteiger partial charge >= 0.3 is 5.97 Å². The Morgan fingerprint density at radius 2 is 2.11 bits per heavy atom. The highest BCUT2D eigenvalue weighted by molar-refractivity contribution is 9.10. The monoisotopic (exact) mass is 327 g/mol. The lowest BCUT2D eigenvalue weighted by molar-refractivity contribution is 0.0594. The van der Waals surface area contributed by atoms with Gasteiger partial charge in [-0.1, -0.05) is 0 Å². The van der Waals surface area contributed by atoms with Gasteiger partial charge in [-0.25, -0.2) is 4.79 Å². The summed E-state index contributed by atoms with van der Waals surface area (Å²) >= 11 is 3.39. The number of benzene rings is 1. The number of hydrogen-bond acceptors (Lipinski definition) is 4. The topological polar surface area (TPSA) is 60.6 Å². The number of halogens is 1. The molecule has 0 spiro atoms. The van der Waals surface area contributed by atoms with Crippen LogP contribution in [0.3, 0.4) is 0 Å². The van der Waals surface area contributed by atoms with Gasteiger partial charge in [-0.05, 0) is 28.1 Å². The van der Waals surface area contributed by atoms with E-state index in [1.54, 1.807) is 7.11 Å². The van der Waals surface area contributed by atoms with Gasteiger partial charge < -0.3 is 19.2 Å². The van der Waals surface area contributed by atoms with E-state index in [4.69, 9.17) is 14.2 Å². The normalized spacial score (nSPS) is 10.7. The van der Waals surface area contributed by atoms with Gasteiger partial charge in [0.05, 0.1) is 23.7 Å². The van der Waals surface area contributed by atoms with Crippen molar-refractivity contribution in [3.05, 3.63) is 28.4 Å². The summed E-state index contributed by atoms with van der Waals surface area (Å²) in [6, 6.07) is 5.56. The Morgan fingerprint density at radius 1 is 1.32 bits per heavy atom. The zero-order valence-electron chi connectivity index (χ0n) is 10.7. The van der Waals surface area contributed by atoms with E-state index in [1.807, 2.05) is 18.2 Å². The van der Waals surface area contributed by atoms with Crippen LogP contribution in [-0.2, 0) is 9.47 Å². The summed E-state index contributed by atoms with van der Waals surface area (Å²) in [6.45, 7) is 1.01. The molecule has 2 aromatic rings. The molecule has 1 N–H and O–H groups in total. The first-order valence-electron chi connectivity index (χ1n) is 5.68. The van der Waals surface area contributed by atoms with Gasteiger partial charge in [-0.15, -0.1) is 0 Å². The summed E-state index contributed by atoms with van der Waals surface area (Å²) in [5, 5.41) is 0.902. The van der Waals surface area contributed by atoms with Gasteiger partial charge in [-0.2, -0.15) is 0 Å².